The molecule has 0 bridgehead atoms. The van der Waals surface area contributed by atoms with Crippen LogP contribution in [0.25, 0.3) is 0 Å². The van der Waals surface area contributed by atoms with Crippen molar-refractivity contribution >= 4 is 0 Å². The molecule has 94 valence electrons. The molecule has 17 heavy (non-hydrogen) atoms. The fourth-order valence-corrected chi connectivity index (χ4v) is 2.15. The highest BCUT2D eigenvalue weighted by Crippen LogP contribution is 2.18. The first-order valence-electron chi connectivity index (χ1n) is 6.07. The van der Waals surface area contributed by atoms with E-state index in [2.05, 4.69) is 5.32 Å². The average molecular weight is 241 g/mol. The monoisotopic (exact) mass is 241 g/mol. The van der Waals surface area contributed by atoms with E-state index in [1.807, 2.05) is 0 Å². The van der Waals surface area contributed by atoms with Crippen molar-refractivity contribution in [3.05, 3.63) is 29.8 Å². The van der Waals surface area contributed by atoms with E-state index in [9.17, 15) is 8.78 Å². The number of hydrogen-bond donors (Lipinski definition) is 1. The molecule has 1 aliphatic rings. The van der Waals surface area contributed by atoms with E-state index in [1.54, 1.807) is 0 Å². The summed E-state index contributed by atoms with van der Waals surface area (Å²) in [5.74, 6) is -1.12. The summed E-state index contributed by atoms with van der Waals surface area (Å²) >= 11 is 0. The number of rotatable bonds is 5. The lowest BCUT2D eigenvalue weighted by atomic mass is 10.2. The molecular formula is C13H17F2NO. The average Bonchev–Trinajstić information content (AvgIpc) is 2.79. The van der Waals surface area contributed by atoms with Crippen LogP contribution >= 0.6 is 0 Å². The van der Waals surface area contributed by atoms with Crippen molar-refractivity contribution in [2.75, 3.05) is 13.2 Å². The van der Waals surface area contributed by atoms with Gasteiger partial charge in [-0.1, -0.05) is 12.8 Å². The molecule has 1 N–H and O–H groups in total. The third kappa shape index (κ3) is 3.66. The summed E-state index contributed by atoms with van der Waals surface area (Å²) in [5, 5.41) is 3.36. The quantitative estimate of drug-likeness (QED) is 0.800. The van der Waals surface area contributed by atoms with E-state index < -0.39 is 11.6 Å². The Morgan fingerprint density at radius 1 is 1.24 bits per heavy atom. The zero-order valence-electron chi connectivity index (χ0n) is 9.72. The number of ether oxygens (including phenoxy) is 1. The maximum absolute atomic E-state index is 13.2. The molecule has 1 saturated carbocycles. The van der Waals surface area contributed by atoms with Crippen LogP contribution in [0.3, 0.4) is 0 Å². The van der Waals surface area contributed by atoms with Crippen LogP contribution in [0.1, 0.15) is 25.7 Å². The van der Waals surface area contributed by atoms with E-state index in [0.29, 0.717) is 19.2 Å². The third-order valence-electron chi connectivity index (χ3n) is 3.04. The van der Waals surface area contributed by atoms with E-state index in [4.69, 9.17) is 4.74 Å². The fraction of sp³-hybridized carbons (Fsp3) is 0.538. The first kappa shape index (κ1) is 12.3. The molecule has 2 nitrogen and oxygen atoms in total. The van der Waals surface area contributed by atoms with Crippen LogP contribution in [0, 0.1) is 11.6 Å². The van der Waals surface area contributed by atoms with E-state index in [1.165, 1.54) is 37.8 Å². The van der Waals surface area contributed by atoms with Crippen LogP contribution in [-0.4, -0.2) is 19.2 Å². The van der Waals surface area contributed by atoms with E-state index >= 15 is 0 Å². The van der Waals surface area contributed by atoms with Gasteiger partial charge in [0, 0.05) is 18.7 Å². The van der Waals surface area contributed by atoms with Crippen molar-refractivity contribution in [3.8, 4) is 5.75 Å². The molecule has 0 aliphatic heterocycles. The molecule has 0 aromatic heterocycles. The SMILES string of the molecule is Fc1ccc(OCCNC2CCCC2)c(F)c1. The largest absolute Gasteiger partial charge is 0.489 e. The Labute approximate surface area is 100.0 Å². The smallest absolute Gasteiger partial charge is 0.167 e. The number of halogens is 2. The van der Waals surface area contributed by atoms with E-state index in [0.717, 1.165) is 6.07 Å². The summed E-state index contributed by atoms with van der Waals surface area (Å²) < 4.78 is 31.1. The van der Waals surface area contributed by atoms with Gasteiger partial charge in [-0.3, -0.25) is 0 Å². The van der Waals surface area contributed by atoms with Crippen LogP contribution in [0.15, 0.2) is 18.2 Å². The molecule has 0 heterocycles. The Morgan fingerprint density at radius 2 is 2.00 bits per heavy atom. The minimum absolute atomic E-state index is 0.111. The van der Waals surface area contributed by atoms with Crippen LogP contribution in [-0.2, 0) is 0 Å². The van der Waals surface area contributed by atoms with Crippen molar-refractivity contribution in [1.82, 2.24) is 5.32 Å². The maximum atomic E-state index is 13.2. The van der Waals surface area contributed by atoms with Crippen LogP contribution in [0.5, 0.6) is 5.75 Å². The standard InChI is InChI=1S/C13H17F2NO/c14-10-5-6-13(12(15)9-10)17-8-7-16-11-3-1-2-4-11/h5-6,9,11,16H,1-4,7-8H2. The van der Waals surface area contributed by atoms with Crippen molar-refractivity contribution in [2.45, 2.75) is 31.7 Å². The maximum Gasteiger partial charge on any atom is 0.167 e. The summed E-state index contributed by atoms with van der Waals surface area (Å²) in [6, 6.07) is 3.93. The topological polar surface area (TPSA) is 21.3 Å². The van der Waals surface area contributed by atoms with Gasteiger partial charge in [0.2, 0.25) is 0 Å². The predicted molar refractivity (Wildman–Crippen MR) is 62.1 cm³/mol. The third-order valence-corrected chi connectivity index (χ3v) is 3.04. The number of nitrogens with one attached hydrogen (secondary N) is 1. The summed E-state index contributed by atoms with van der Waals surface area (Å²) in [6.07, 6.45) is 4.99. The van der Waals surface area contributed by atoms with Crippen LogP contribution < -0.4 is 10.1 Å². The minimum atomic E-state index is -0.647. The van der Waals surface area contributed by atoms with Crippen molar-refractivity contribution < 1.29 is 13.5 Å². The fourth-order valence-electron chi connectivity index (χ4n) is 2.15. The van der Waals surface area contributed by atoms with Gasteiger partial charge in [0.15, 0.2) is 11.6 Å². The Kier molecular flexibility index (Phi) is 4.31. The summed E-state index contributed by atoms with van der Waals surface area (Å²) in [5.41, 5.74) is 0. The Morgan fingerprint density at radius 3 is 2.71 bits per heavy atom. The Bertz CT molecular complexity index is 364. The Hall–Kier alpha value is -1.16. The van der Waals surface area contributed by atoms with Gasteiger partial charge in [0.05, 0.1) is 0 Å². The molecule has 1 aromatic rings. The molecule has 0 saturated heterocycles. The zero-order chi connectivity index (χ0) is 12.1. The van der Waals surface area contributed by atoms with Gasteiger partial charge in [-0.2, -0.15) is 0 Å². The lowest BCUT2D eigenvalue weighted by molar-refractivity contribution is 0.290. The molecule has 4 heteroatoms. The molecule has 0 atom stereocenters. The molecule has 0 spiro atoms. The van der Waals surface area contributed by atoms with Gasteiger partial charge >= 0.3 is 0 Å². The van der Waals surface area contributed by atoms with E-state index in [-0.39, 0.29) is 5.75 Å². The Balaban J connectivity index is 1.70. The minimum Gasteiger partial charge on any atom is -0.489 e. The molecule has 1 aliphatic carbocycles. The van der Waals surface area contributed by atoms with Gasteiger partial charge in [-0.15, -0.1) is 0 Å². The van der Waals surface area contributed by atoms with Gasteiger partial charge in [-0.25, -0.2) is 8.78 Å². The van der Waals surface area contributed by atoms with Gasteiger partial charge < -0.3 is 10.1 Å². The molecule has 0 amide bonds. The molecule has 1 fully saturated rings. The number of benzene rings is 1. The molecular weight excluding hydrogens is 224 g/mol. The summed E-state index contributed by atoms with van der Waals surface area (Å²) in [4.78, 5) is 0. The zero-order valence-corrected chi connectivity index (χ0v) is 9.72. The first-order valence-corrected chi connectivity index (χ1v) is 6.07. The highest BCUT2D eigenvalue weighted by Gasteiger charge is 2.13. The van der Waals surface area contributed by atoms with Crippen LogP contribution in [0.2, 0.25) is 0 Å². The summed E-state index contributed by atoms with van der Waals surface area (Å²) in [6.45, 7) is 1.10. The summed E-state index contributed by atoms with van der Waals surface area (Å²) in [7, 11) is 0. The van der Waals surface area contributed by atoms with Crippen molar-refractivity contribution in [1.29, 1.82) is 0 Å². The highest BCUT2D eigenvalue weighted by atomic mass is 19.1. The lowest BCUT2D eigenvalue weighted by Crippen LogP contribution is -2.30. The molecule has 0 radical (unpaired) electrons. The highest BCUT2D eigenvalue weighted by molar-refractivity contribution is 5.24. The second-order valence-electron chi connectivity index (χ2n) is 4.36. The van der Waals surface area contributed by atoms with Crippen LogP contribution in [0.4, 0.5) is 8.78 Å². The van der Waals surface area contributed by atoms with Crippen molar-refractivity contribution in [3.63, 3.8) is 0 Å². The van der Waals surface area contributed by atoms with Gasteiger partial charge in [0.1, 0.15) is 12.4 Å². The second-order valence-corrected chi connectivity index (χ2v) is 4.36. The molecule has 0 unspecified atom stereocenters. The predicted octanol–water partition coefficient (Wildman–Crippen LogP) is 2.88. The lowest BCUT2D eigenvalue weighted by Gasteiger charge is -2.12. The van der Waals surface area contributed by atoms with Crippen molar-refractivity contribution in [2.24, 2.45) is 0 Å². The first-order chi connectivity index (χ1) is 8.25. The second kappa shape index (κ2) is 5.96. The molecule has 2 rings (SSSR count). The van der Waals surface area contributed by atoms with Gasteiger partial charge in [0.25, 0.3) is 0 Å². The van der Waals surface area contributed by atoms with Gasteiger partial charge in [-0.05, 0) is 25.0 Å². The normalized spacial score (nSPS) is 16.4. The molecule has 1 aromatic carbocycles. The number of hydrogen-bond acceptors (Lipinski definition) is 2.